The van der Waals surface area contributed by atoms with Gasteiger partial charge in [-0.1, -0.05) is 36.9 Å². The first-order chi connectivity index (χ1) is 6.34. The summed E-state index contributed by atoms with van der Waals surface area (Å²) in [5.41, 5.74) is 8.68. The minimum atomic E-state index is 0. The van der Waals surface area contributed by atoms with Crippen molar-refractivity contribution in [1.29, 1.82) is 0 Å². The number of nitrogens with one attached hydrogen (secondary N) is 1. The minimum absolute atomic E-state index is 0. The normalized spacial score (nSPS) is 11.0. The Balaban J connectivity index is 0.00000169. The van der Waals surface area contributed by atoms with E-state index in [0.717, 1.165) is 0 Å². The summed E-state index contributed by atoms with van der Waals surface area (Å²) in [4.78, 5) is 4.04. The summed E-state index contributed by atoms with van der Waals surface area (Å²) in [6.07, 6.45) is 8.57. The Bertz CT molecular complexity index is 328. The Kier molecular flexibility index (Phi) is 6.56. The van der Waals surface area contributed by atoms with E-state index in [1.165, 1.54) is 0 Å². The summed E-state index contributed by atoms with van der Waals surface area (Å²) in [6, 6.07) is 5.50. The van der Waals surface area contributed by atoms with E-state index in [-0.39, 0.29) is 18.9 Å². The molecule has 0 fully saturated rings. The molecule has 3 heteroatoms. The summed E-state index contributed by atoms with van der Waals surface area (Å²) in [7, 11) is 0. The van der Waals surface area contributed by atoms with Crippen molar-refractivity contribution in [2.24, 2.45) is 0 Å². The van der Waals surface area contributed by atoms with Crippen molar-refractivity contribution >= 4 is 5.70 Å². The van der Waals surface area contributed by atoms with Gasteiger partial charge in [-0.15, -0.1) is 5.70 Å². The summed E-state index contributed by atoms with van der Waals surface area (Å²) in [5, 5.41) is 0. The van der Waals surface area contributed by atoms with E-state index in [2.05, 4.69) is 11.6 Å². The van der Waals surface area contributed by atoms with Gasteiger partial charge in [0.25, 0.3) is 0 Å². The van der Waals surface area contributed by atoms with E-state index in [0.29, 0.717) is 11.4 Å². The van der Waals surface area contributed by atoms with Gasteiger partial charge >= 0.3 is 18.9 Å². The van der Waals surface area contributed by atoms with Gasteiger partial charge in [0.2, 0.25) is 0 Å². The van der Waals surface area contributed by atoms with Gasteiger partial charge in [0.1, 0.15) is 0 Å². The molecule has 0 spiro atoms. The Morgan fingerprint density at radius 1 is 1.36 bits per heavy atom. The molecule has 1 aromatic rings. The van der Waals surface area contributed by atoms with Crippen LogP contribution in [0.1, 0.15) is 5.69 Å². The van der Waals surface area contributed by atoms with Crippen molar-refractivity contribution in [3.8, 4) is 0 Å². The fraction of sp³-hybridized carbons (Fsp3) is 0. The maximum absolute atomic E-state index is 7.60. The summed E-state index contributed by atoms with van der Waals surface area (Å²) >= 11 is 0. The fourth-order valence-corrected chi connectivity index (χ4v) is 0.838. The zero-order valence-corrected chi connectivity index (χ0v) is 8.27. The van der Waals surface area contributed by atoms with Gasteiger partial charge in [-0.2, -0.15) is 0 Å². The Labute approximate surface area is 96.4 Å². The minimum Gasteiger partial charge on any atom is -0.697 e. The Morgan fingerprint density at radius 2 is 2.14 bits per heavy atom. The fourth-order valence-electron chi connectivity index (χ4n) is 0.838. The molecule has 0 saturated carbocycles. The van der Waals surface area contributed by atoms with Gasteiger partial charge in [-0.3, -0.25) is 4.98 Å². The zero-order chi connectivity index (χ0) is 9.52. The second-order valence-corrected chi connectivity index (χ2v) is 2.42. The molecular weight excluding hydrogens is 167 g/mol. The van der Waals surface area contributed by atoms with Crippen molar-refractivity contribution in [2.45, 2.75) is 0 Å². The van der Waals surface area contributed by atoms with E-state index in [4.69, 9.17) is 5.73 Å². The second kappa shape index (κ2) is 7.20. The molecule has 0 aliphatic rings. The molecule has 66 valence electrons. The molecule has 0 saturated heterocycles. The smallest absolute Gasteiger partial charge is 0.697 e. The van der Waals surface area contributed by atoms with Crippen LogP contribution in [0.25, 0.3) is 11.4 Å². The molecule has 1 aromatic heterocycles. The first-order valence-electron chi connectivity index (χ1n) is 3.97. The average Bonchev–Trinajstić information content (AvgIpc) is 2.19. The van der Waals surface area contributed by atoms with Gasteiger partial charge in [0.15, 0.2) is 0 Å². The van der Waals surface area contributed by atoms with E-state index >= 15 is 0 Å². The van der Waals surface area contributed by atoms with Crippen molar-refractivity contribution < 1.29 is 18.9 Å². The molecule has 1 N–H and O–H groups in total. The van der Waals surface area contributed by atoms with Crippen LogP contribution in [-0.4, -0.2) is 4.98 Å². The van der Waals surface area contributed by atoms with Crippen LogP contribution in [-0.2, 0) is 0 Å². The van der Waals surface area contributed by atoms with E-state index in [1.807, 2.05) is 12.1 Å². The van der Waals surface area contributed by atoms with Crippen LogP contribution in [0.5, 0.6) is 0 Å². The monoisotopic (exact) mass is 178 g/mol. The molecule has 0 radical (unpaired) electrons. The predicted octanol–water partition coefficient (Wildman–Crippen LogP) is 0.221. The predicted molar refractivity (Wildman–Crippen MR) is 55.9 cm³/mol. The van der Waals surface area contributed by atoms with Gasteiger partial charge in [0.05, 0.1) is 0 Å². The maximum Gasteiger partial charge on any atom is 1.00 e. The van der Waals surface area contributed by atoms with Crippen LogP contribution in [0, 0.1) is 0 Å². The van der Waals surface area contributed by atoms with Crippen molar-refractivity contribution in [3.05, 3.63) is 66.7 Å². The molecule has 1 rings (SSSR count). The third kappa shape index (κ3) is 4.13. The molecule has 0 aromatic carbocycles. The van der Waals surface area contributed by atoms with E-state index in [1.54, 1.807) is 36.6 Å². The number of pyridine rings is 1. The summed E-state index contributed by atoms with van der Waals surface area (Å²) in [5.74, 6) is 0. The molecule has 14 heavy (non-hydrogen) atoms. The van der Waals surface area contributed by atoms with Crippen molar-refractivity contribution in [1.82, 2.24) is 4.98 Å². The van der Waals surface area contributed by atoms with Crippen LogP contribution in [0.2, 0.25) is 0 Å². The van der Waals surface area contributed by atoms with Crippen molar-refractivity contribution in [3.63, 3.8) is 0 Å². The average molecular weight is 178 g/mol. The standard InChI is InChI=1S/C11H11N2.Li/c1-2-3-4-7-10(12)11-8-5-6-9-13-11;/h2-9,12H,1H2;/q-1;+1/b4-3+,10-7-;. The molecule has 1 heterocycles. The molecule has 2 nitrogen and oxygen atoms in total. The molecule has 0 aliphatic carbocycles. The second-order valence-electron chi connectivity index (χ2n) is 2.42. The quantitative estimate of drug-likeness (QED) is 0.482. The SMILES string of the molecule is C=C/C=C/C=C(\[NH-])c1ccccn1.[Li+]. The first kappa shape index (κ1) is 12.8. The Hall–Kier alpha value is -1.23. The summed E-state index contributed by atoms with van der Waals surface area (Å²) < 4.78 is 0. The van der Waals surface area contributed by atoms with Gasteiger partial charge in [-0.25, -0.2) is 0 Å². The first-order valence-corrected chi connectivity index (χ1v) is 3.97. The number of allylic oxidation sites excluding steroid dienone is 4. The number of rotatable bonds is 3. The molecule has 0 atom stereocenters. The number of hydrogen-bond donors (Lipinski definition) is 0. The molecule has 0 unspecified atom stereocenters. The molecule has 0 bridgehead atoms. The third-order valence-electron chi connectivity index (χ3n) is 1.45. The Morgan fingerprint density at radius 3 is 2.71 bits per heavy atom. The van der Waals surface area contributed by atoms with Gasteiger partial charge < -0.3 is 5.73 Å². The molecule has 0 aliphatic heterocycles. The van der Waals surface area contributed by atoms with E-state index < -0.39 is 0 Å². The number of nitrogens with zero attached hydrogens (tertiary/aromatic N) is 1. The third-order valence-corrected chi connectivity index (χ3v) is 1.45. The van der Waals surface area contributed by atoms with Crippen LogP contribution >= 0.6 is 0 Å². The van der Waals surface area contributed by atoms with Gasteiger partial charge in [0, 0.05) is 11.9 Å². The van der Waals surface area contributed by atoms with Crippen LogP contribution in [0.3, 0.4) is 0 Å². The van der Waals surface area contributed by atoms with Crippen molar-refractivity contribution in [2.75, 3.05) is 0 Å². The maximum atomic E-state index is 7.60. The van der Waals surface area contributed by atoms with E-state index in [9.17, 15) is 0 Å². The topological polar surface area (TPSA) is 36.7 Å². The van der Waals surface area contributed by atoms with Crippen LogP contribution in [0.4, 0.5) is 0 Å². The number of aromatic nitrogens is 1. The van der Waals surface area contributed by atoms with Crippen LogP contribution < -0.4 is 18.9 Å². The van der Waals surface area contributed by atoms with Crippen LogP contribution in [0.15, 0.2) is 55.3 Å². The molecular formula is C11H11LiN2. The zero-order valence-electron chi connectivity index (χ0n) is 8.27. The largest absolute Gasteiger partial charge is 1.00 e. The van der Waals surface area contributed by atoms with Gasteiger partial charge in [-0.05, 0) is 12.1 Å². The molecule has 0 amide bonds. The number of hydrogen-bond acceptors (Lipinski definition) is 1. The summed E-state index contributed by atoms with van der Waals surface area (Å²) in [6.45, 7) is 3.54.